The summed E-state index contributed by atoms with van der Waals surface area (Å²) in [6, 6.07) is 6.81. The van der Waals surface area contributed by atoms with Crippen LogP contribution in [0.1, 0.15) is 22.3 Å². The van der Waals surface area contributed by atoms with Crippen molar-refractivity contribution in [2.24, 2.45) is 0 Å². The summed E-state index contributed by atoms with van der Waals surface area (Å²) in [6.45, 7) is 0. The summed E-state index contributed by atoms with van der Waals surface area (Å²) in [5.41, 5.74) is 0.853. The van der Waals surface area contributed by atoms with E-state index in [2.05, 4.69) is 10.3 Å². The molecule has 11 heteroatoms. The Bertz CT molecular complexity index is 1270. The van der Waals surface area contributed by atoms with E-state index in [0.29, 0.717) is 11.1 Å². The molecule has 9 nitrogen and oxygen atoms in total. The van der Waals surface area contributed by atoms with Gasteiger partial charge < -0.3 is 14.8 Å². The van der Waals surface area contributed by atoms with Gasteiger partial charge in [-0.15, -0.1) is 0 Å². The molecule has 0 atom stereocenters. The number of aromatic nitrogens is 1. The second-order valence-corrected chi connectivity index (χ2v) is 8.85. The molecule has 0 unspecified atom stereocenters. The Morgan fingerprint density at radius 3 is 2.45 bits per heavy atom. The van der Waals surface area contributed by atoms with Crippen LogP contribution in [0, 0.1) is 5.82 Å². The van der Waals surface area contributed by atoms with Gasteiger partial charge in [0.25, 0.3) is 5.91 Å². The molecule has 1 aromatic carbocycles. The van der Waals surface area contributed by atoms with Crippen LogP contribution < -0.4 is 9.62 Å². The molecule has 2 N–H and O–H groups in total. The van der Waals surface area contributed by atoms with E-state index in [1.807, 2.05) is 0 Å². The maximum absolute atomic E-state index is 13.4. The topological polar surface area (TPSA) is 130 Å². The van der Waals surface area contributed by atoms with E-state index in [4.69, 9.17) is 9.52 Å². The lowest BCUT2D eigenvalue weighted by Crippen LogP contribution is -2.27. The zero-order valence-corrected chi connectivity index (χ0v) is 17.8. The molecule has 0 bridgehead atoms. The van der Waals surface area contributed by atoms with Crippen molar-refractivity contribution in [3.8, 4) is 11.3 Å². The number of aryl methyl sites for hydroxylation is 1. The number of aliphatic carboxylic acids is 1. The van der Waals surface area contributed by atoms with Crippen molar-refractivity contribution in [3.05, 3.63) is 47.3 Å². The molecular weight excluding hydrogens is 429 g/mol. The van der Waals surface area contributed by atoms with Crippen molar-refractivity contribution in [3.63, 3.8) is 0 Å². The first-order valence-electron chi connectivity index (χ1n) is 9.13. The van der Waals surface area contributed by atoms with Gasteiger partial charge in [0.1, 0.15) is 17.4 Å². The SMILES string of the molecule is CNC(=O)c1c(-c2ccc(F)cc2)oc2nc(N(C)S(C)(=O)=O)c(CCC(=O)O)cc12. The van der Waals surface area contributed by atoms with Crippen LogP contribution in [0.4, 0.5) is 10.2 Å². The van der Waals surface area contributed by atoms with Crippen LogP contribution >= 0.6 is 0 Å². The number of sulfonamides is 1. The molecule has 164 valence electrons. The second-order valence-electron chi connectivity index (χ2n) is 6.84. The highest BCUT2D eigenvalue weighted by Crippen LogP contribution is 2.36. The van der Waals surface area contributed by atoms with E-state index in [1.165, 1.54) is 44.4 Å². The molecule has 31 heavy (non-hydrogen) atoms. The lowest BCUT2D eigenvalue weighted by molar-refractivity contribution is -0.136. The minimum Gasteiger partial charge on any atom is -0.481 e. The minimum atomic E-state index is -3.71. The van der Waals surface area contributed by atoms with E-state index < -0.39 is 27.7 Å². The molecule has 0 saturated carbocycles. The summed E-state index contributed by atoms with van der Waals surface area (Å²) in [7, 11) is -0.986. The predicted octanol–water partition coefficient (Wildman–Crippen LogP) is 2.41. The summed E-state index contributed by atoms with van der Waals surface area (Å²) < 4.78 is 44.2. The number of carbonyl (C=O) groups is 2. The Balaban J connectivity index is 2.32. The molecule has 0 fully saturated rings. The van der Waals surface area contributed by atoms with Gasteiger partial charge in [-0.1, -0.05) is 0 Å². The normalized spacial score (nSPS) is 11.5. The van der Waals surface area contributed by atoms with E-state index in [-0.39, 0.29) is 41.1 Å². The van der Waals surface area contributed by atoms with Gasteiger partial charge in [-0.2, -0.15) is 4.98 Å². The predicted molar refractivity (Wildman–Crippen MR) is 112 cm³/mol. The van der Waals surface area contributed by atoms with Gasteiger partial charge in [-0.25, -0.2) is 12.8 Å². The number of anilines is 1. The summed E-state index contributed by atoms with van der Waals surface area (Å²) in [5.74, 6) is -1.90. The average molecular weight is 449 g/mol. The number of carboxylic acid groups (broad SMARTS) is 1. The molecule has 0 aliphatic carbocycles. The number of carboxylic acids is 1. The highest BCUT2D eigenvalue weighted by atomic mass is 32.2. The number of nitrogens with one attached hydrogen (secondary N) is 1. The molecular formula is C20H20FN3O6S. The number of furan rings is 1. The third kappa shape index (κ3) is 4.50. The third-order valence-corrected chi connectivity index (χ3v) is 5.87. The maximum atomic E-state index is 13.4. The zero-order valence-electron chi connectivity index (χ0n) is 17.0. The van der Waals surface area contributed by atoms with Gasteiger partial charge in [0.2, 0.25) is 15.7 Å². The zero-order chi connectivity index (χ0) is 22.9. The number of rotatable bonds is 7. The van der Waals surface area contributed by atoms with Crippen LogP contribution in [0.5, 0.6) is 0 Å². The van der Waals surface area contributed by atoms with Gasteiger partial charge in [0, 0.05) is 26.1 Å². The van der Waals surface area contributed by atoms with E-state index in [0.717, 1.165) is 10.6 Å². The quantitative estimate of drug-likeness (QED) is 0.566. The van der Waals surface area contributed by atoms with Crippen molar-refractivity contribution < 1.29 is 31.9 Å². The molecule has 3 rings (SSSR count). The van der Waals surface area contributed by atoms with Gasteiger partial charge in [-0.05, 0) is 42.3 Å². The van der Waals surface area contributed by atoms with Gasteiger partial charge in [0.15, 0.2) is 0 Å². The average Bonchev–Trinajstić information content (AvgIpc) is 3.08. The van der Waals surface area contributed by atoms with Crippen LogP contribution in [0.25, 0.3) is 22.4 Å². The number of amides is 1. The summed E-state index contributed by atoms with van der Waals surface area (Å²) in [4.78, 5) is 28.0. The molecule has 1 amide bonds. The number of carbonyl (C=O) groups excluding carboxylic acids is 1. The Kier molecular flexibility index (Phi) is 5.98. The summed E-state index contributed by atoms with van der Waals surface area (Å²) in [5, 5.41) is 11.9. The Hall–Kier alpha value is -3.47. The van der Waals surface area contributed by atoms with Crippen LogP contribution in [-0.2, 0) is 21.2 Å². The minimum absolute atomic E-state index is 0.000822. The Morgan fingerprint density at radius 2 is 1.90 bits per heavy atom. The number of halogens is 1. The number of benzene rings is 1. The van der Waals surface area contributed by atoms with Crippen molar-refractivity contribution in [2.75, 3.05) is 24.7 Å². The number of fused-ring (bicyclic) bond motifs is 1. The number of nitrogens with zero attached hydrogens (tertiary/aromatic N) is 2. The molecule has 3 aromatic rings. The summed E-state index contributed by atoms with van der Waals surface area (Å²) in [6.07, 6.45) is 0.704. The van der Waals surface area contributed by atoms with Crippen molar-refractivity contribution in [2.45, 2.75) is 12.8 Å². The van der Waals surface area contributed by atoms with Crippen molar-refractivity contribution in [1.29, 1.82) is 0 Å². The molecule has 2 heterocycles. The monoisotopic (exact) mass is 449 g/mol. The molecule has 2 aromatic heterocycles. The van der Waals surface area contributed by atoms with E-state index in [9.17, 15) is 22.4 Å². The van der Waals surface area contributed by atoms with Gasteiger partial charge in [-0.3, -0.25) is 13.9 Å². The lowest BCUT2D eigenvalue weighted by atomic mass is 10.0. The fourth-order valence-electron chi connectivity index (χ4n) is 3.07. The molecule has 0 aliphatic heterocycles. The number of pyridine rings is 1. The standard InChI is InChI=1S/C20H20FN3O6S/c1-22-19(27)16-14-10-12(6-9-15(25)26)18(24(2)31(3,28)29)23-20(14)30-17(16)11-4-7-13(21)8-5-11/h4-5,7-8,10H,6,9H2,1-3H3,(H,22,27)(H,25,26). The van der Waals surface area contributed by atoms with Crippen LogP contribution in [0.3, 0.4) is 0 Å². The highest BCUT2D eigenvalue weighted by Gasteiger charge is 2.26. The van der Waals surface area contributed by atoms with Crippen LogP contribution in [0.15, 0.2) is 34.7 Å². The van der Waals surface area contributed by atoms with Gasteiger partial charge >= 0.3 is 5.97 Å². The third-order valence-electron chi connectivity index (χ3n) is 4.70. The fourth-order valence-corrected chi connectivity index (χ4v) is 3.54. The first-order valence-corrected chi connectivity index (χ1v) is 11.0. The smallest absolute Gasteiger partial charge is 0.303 e. The number of hydrogen-bond acceptors (Lipinski definition) is 6. The Morgan fingerprint density at radius 1 is 1.26 bits per heavy atom. The first-order chi connectivity index (χ1) is 14.5. The molecule has 0 radical (unpaired) electrons. The van der Waals surface area contributed by atoms with Crippen LogP contribution in [0.2, 0.25) is 0 Å². The maximum Gasteiger partial charge on any atom is 0.303 e. The Labute approximate surface area is 177 Å². The largest absolute Gasteiger partial charge is 0.481 e. The van der Waals surface area contributed by atoms with E-state index >= 15 is 0 Å². The molecule has 0 saturated heterocycles. The van der Waals surface area contributed by atoms with E-state index in [1.54, 1.807) is 0 Å². The summed E-state index contributed by atoms with van der Waals surface area (Å²) >= 11 is 0. The molecule has 0 aliphatic rings. The van der Waals surface area contributed by atoms with Crippen LogP contribution in [-0.4, -0.2) is 50.7 Å². The first kappa shape index (κ1) is 22.2. The second kappa shape index (κ2) is 8.34. The van der Waals surface area contributed by atoms with Crippen molar-refractivity contribution >= 4 is 38.8 Å². The highest BCUT2D eigenvalue weighted by molar-refractivity contribution is 7.92. The number of hydrogen-bond donors (Lipinski definition) is 2. The fraction of sp³-hybridized carbons (Fsp3) is 0.250. The van der Waals surface area contributed by atoms with Crippen molar-refractivity contribution in [1.82, 2.24) is 10.3 Å². The van der Waals surface area contributed by atoms with Gasteiger partial charge in [0.05, 0.1) is 17.2 Å². The molecule has 0 spiro atoms. The lowest BCUT2D eigenvalue weighted by Gasteiger charge is -2.18.